The van der Waals surface area contributed by atoms with Crippen molar-refractivity contribution in [3.8, 4) is 0 Å². The van der Waals surface area contributed by atoms with Gasteiger partial charge in [0.25, 0.3) is 5.91 Å². The molecule has 0 fully saturated rings. The van der Waals surface area contributed by atoms with E-state index in [1.165, 1.54) is 5.56 Å². The van der Waals surface area contributed by atoms with Crippen LogP contribution in [0.15, 0.2) is 24.3 Å². The van der Waals surface area contributed by atoms with E-state index in [-0.39, 0.29) is 5.91 Å². The third kappa shape index (κ3) is 4.15. The van der Waals surface area contributed by atoms with Gasteiger partial charge in [-0.15, -0.1) is 0 Å². The Bertz CT molecular complexity index is 359. The summed E-state index contributed by atoms with van der Waals surface area (Å²) in [6.45, 7) is 6.37. The summed E-state index contributed by atoms with van der Waals surface area (Å²) >= 11 is 0. The first-order chi connectivity index (χ1) is 8.72. The predicted octanol–water partition coefficient (Wildman–Crippen LogP) is 2.45. The van der Waals surface area contributed by atoms with Crippen molar-refractivity contribution in [3.63, 3.8) is 0 Å². The van der Waals surface area contributed by atoms with Crippen LogP contribution in [0.1, 0.15) is 42.6 Å². The molecular weight excluding hydrogens is 224 g/mol. The van der Waals surface area contributed by atoms with Crippen molar-refractivity contribution in [3.05, 3.63) is 35.4 Å². The zero-order valence-corrected chi connectivity index (χ0v) is 11.5. The second-order valence-corrected chi connectivity index (χ2v) is 4.48. The maximum Gasteiger partial charge on any atom is 0.253 e. The lowest BCUT2D eigenvalue weighted by Crippen LogP contribution is -2.33. The Morgan fingerprint density at radius 3 is 2.33 bits per heavy atom. The van der Waals surface area contributed by atoms with Crippen LogP contribution >= 0.6 is 0 Å². The second kappa shape index (κ2) is 7.88. The van der Waals surface area contributed by atoms with Crippen LogP contribution in [0.4, 0.5) is 0 Å². The SMILES string of the molecule is CCCN(CCCN)C(=O)c1ccc(CC)cc1. The molecular formula is C15H24N2O. The number of hydrogen-bond acceptors (Lipinski definition) is 2. The van der Waals surface area contributed by atoms with Crippen molar-refractivity contribution in [2.24, 2.45) is 5.73 Å². The van der Waals surface area contributed by atoms with Crippen LogP contribution < -0.4 is 5.73 Å². The summed E-state index contributed by atoms with van der Waals surface area (Å²) in [7, 11) is 0. The van der Waals surface area contributed by atoms with E-state index in [1.54, 1.807) is 0 Å². The molecule has 1 aromatic carbocycles. The number of rotatable bonds is 7. The number of benzene rings is 1. The van der Waals surface area contributed by atoms with Crippen molar-refractivity contribution >= 4 is 5.91 Å². The third-order valence-electron chi connectivity index (χ3n) is 3.02. The highest BCUT2D eigenvalue weighted by atomic mass is 16.2. The molecule has 0 bridgehead atoms. The Kier molecular flexibility index (Phi) is 6.44. The minimum absolute atomic E-state index is 0.118. The van der Waals surface area contributed by atoms with Crippen LogP contribution in [-0.4, -0.2) is 30.4 Å². The molecule has 0 radical (unpaired) electrons. The van der Waals surface area contributed by atoms with E-state index in [2.05, 4.69) is 13.8 Å². The Hall–Kier alpha value is -1.35. The molecule has 3 nitrogen and oxygen atoms in total. The van der Waals surface area contributed by atoms with Crippen LogP contribution in [0.3, 0.4) is 0 Å². The summed E-state index contributed by atoms with van der Waals surface area (Å²) in [5.74, 6) is 0.118. The summed E-state index contributed by atoms with van der Waals surface area (Å²) in [6.07, 6.45) is 2.84. The van der Waals surface area contributed by atoms with Gasteiger partial charge in [0.2, 0.25) is 0 Å². The van der Waals surface area contributed by atoms with Crippen molar-refractivity contribution in [1.29, 1.82) is 0 Å². The van der Waals surface area contributed by atoms with Crippen LogP contribution in [0.2, 0.25) is 0 Å². The number of hydrogen-bond donors (Lipinski definition) is 1. The highest BCUT2D eigenvalue weighted by molar-refractivity contribution is 5.94. The Morgan fingerprint density at radius 2 is 1.83 bits per heavy atom. The first-order valence-electron chi connectivity index (χ1n) is 6.81. The molecule has 2 N–H and O–H groups in total. The number of nitrogens with zero attached hydrogens (tertiary/aromatic N) is 1. The third-order valence-corrected chi connectivity index (χ3v) is 3.02. The molecule has 1 rings (SSSR count). The second-order valence-electron chi connectivity index (χ2n) is 4.48. The zero-order valence-electron chi connectivity index (χ0n) is 11.5. The minimum atomic E-state index is 0.118. The molecule has 0 atom stereocenters. The predicted molar refractivity (Wildman–Crippen MR) is 75.7 cm³/mol. The quantitative estimate of drug-likeness (QED) is 0.805. The molecule has 3 heteroatoms. The lowest BCUT2D eigenvalue weighted by Gasteiger charge is -2.22. The summed E-state index contributed by atoms with van der Waals surface area (Å²) in [6, 6.07) is 7.90. The first-order valence-corrected chi connectivity index (χ1v) is 6.81. The van der Waals surface area contributed by atoms with Gasteiger partial charge >= 0.3 is 0 Å². The fourth-order valence-corrected chi connectivity index (χ4v) is 1.93. The Morgan fingerprint density at radius 1 is 1.17 bits per heavy atom. The molecule has 0 saturated heterocycles. The van der Waals surface area contributed by atoms with Crippen LogP contribution in [0.25, 0.3) is 0 Å². The van der Waals surface area contributed by atoms with E-state index in [1.807, 2.05) is 29.2 Å². The van der Waals surface area contributed by atoms with Gasteiger partial charge in [-0.1, -0.05) is 26.0 Å². The largest absolute Gasteiger partial charge is 0.339 e. The van der Waals surface area contributed by atoms with E-state index in [0.29, 0.717) is 6.54 Å². The molecule has 1 aromatic rings. The van der Waals surface area contributed by atoms with Crippen LogP contribution in [-0.2, 0) is 6.42 Å². The zero-order chi connectivity index (χ0) is 13.4. The van der Waals surface area contributed by atoms with Crippen molar-refractivity contribution in [1.82, 2.24) is 4.90 Å². The molecule has 0 spiro atoms. The Balaban J connectivity index is 2.73. The van der Waals surface area contributed by atoms with Gasteiger partial charge in [-0.25, -0.2) is 0 Å². The molecule has 100 valence electrons. The highest BCUT2D eigenvalue weighted by Crippen LogP contribution is 2.09. The highest BCUT2D eigenvalue weighted by Gasteiger charge is 2.13. The molecule has 0 unspecified atom stereocenters. The van der Waals surface area contributed by atoms with Gasteiger partial charge in [-0.3, -0.25) is 4.79 Å². The van der Waals surface area contributed by atoms with E-state index in [4.69, 9.17) is 5.73 Å². The Labute approximate surface area is 110 Å². The van der Waals surface area contributed by atoms with Crippen molar-refractivity contribution in [2.75, 3.05) is 19.6 Å². The van der Waals surface area contributed by atoms with Gasteiger partial charge < -0.3 is 10.6 Å². The first kappa shape index (κ1) is 14.7. The summed E-state index contributed by atoms with van der Waals surface area (Å²) < 4.78 is 0. The minimum Gasteiger partial charge on any atom is -0.339 e. The smallest absolute Gasteiger partial charge is 0.253 e. The molecule has 0 aliphatic carbocycles. The van der Waals surface area contributed by atoms with Gasteiger partial charge in [-0.2, -0.15) is 0 Å². The van der Waals surface area contributed by atoms with E-state index in [0.717, 1.165) is 37.9 Å². The molecule has 0 aliphatic heterocycles. The van der Waals surface area contributed by atoms with Gasteiger partial charge in [0.05, 0.1) is 0 Å². The molecule has 0 aromatic heterocycles. The van der Waals surface area contributed by atoms with Crippen molar-refractivity contribution in [2.45, 2.75) is 33.1 Å². The maximum absolute atomic E-state index is 12.3. The average Bonchev–Trinajstić information content (AvgIpc) is 2.43. The standard InChI is InChI=1S/C15H24N2O/c1-3-11-17(12-5-10-16)15(18)14-8-6-13(4-2)7-9-14/h6-9H,3-5,10-12,16H2,1-2H3. The van der Waals surface area contributed by atoms with Gasteiger partial charge in [0.1, 0.15) is 0 Å². The molecule has 1 amide bonds. The number of amides is 1. The van der Waals surface area contributed by atoms with Gasteiger partial charge in [0.15, 0.2) is 0 Å². The van der Waals surface area contributed by atoms with Crippen LogP contribution in [0, 0.1) is 0 Å². The normalized spacial score (nSPS) is 10.4. The van der Waals surface area contributed by atoms with Gasteiger partial charge in [-0.05, 0) is 43.5 Å². The fourth-order valence-electron chi connectivity index (χ4n) is 1.93. The number of carbonyl (C=O) groups excluding carboxylic acids is 1. The molecule has 0 heterocycles. The molecule has 18 heavy (non-hydrogen) atoms. The van der Waals surface area contributed by atoms with Gasteiger partial charge in [0, 0.05) is 18.7 Å². The topological polar surface area (TPSA) is 46.3 Å². The molecule has 0 aliphatic rings. The van der Waals surface area contributed by atoms with E-state index >= 15 is 0 Å². The lowest BCUT2D eigenvalue weighted by molar-refractivity contribution is 0.0754. The fraction of sp³-hybridized carbons (Fsp3) is 0.533. The lowest BCUT2D eigenvalue weighted by atomic mass is 10.1. The number of carbonyl (C=O) groups is 1. The van der Waals surface area contributed by atoms with Crippen molar-refractivity contribution < 1.29 is 4.79 Å². The van der Waals surface area contributed by atoms with E-state index in [9.17, 15) is 4.79 Å². The summed E-state index contributed by atoms with van der Waals surface area (Å²) in [5, 5.41) is 0. The number of nitrogens with two attached hydrogens (primary N) is 1. The number of aryl methyl sites for hydroxylation is 1. The average molecular weight is 248 g/mol. The maximum atomic E-state index is 12.3. The summed E-state index contributed by atoms with van der Waals surface area (Å²) in [4.78, 5) is 14.2. The van der Waals surface area contributed by atoms with Crippen LogP contribution in [0.5, 0.6) is 0 Å². The summed E-state index contributed by atoms with van der Waals surface area (Å²) in [5.41, 5.74) is 7.55. The monoisotopic (exact) mass is 248 g/mol. The molecule has 0 saturated carbocycles. The van der Waals surface area contributed by atoms with E-state index < -0.39 is 0 Å².